The molecule has 108 valence electrons. The van der Waals surface area contributed by atoms with Gasteiger partial charge < -0.3 is 5.32 Å². The lowest BCUT2D eigenvalue weighted by molar-refractivity contribution is 0.183. The standard InChI is InChI=1S/C15H27N3S/c1-12(2)16-9-15-17-13(11-19-15)10-18(3)14-7-5-4-6-8-14/h11-12,14,16H,4-10H2,1-3H3. The Balaban J connectivity index is 1.81. The van der Waals surface area contributed by atoms with Gasteiger partial charge in [-0.1, -0.05) is 33.1 Å². The Labute approximate surface area is 121 Å². The minimum absolute atomic E-state index is 0.525. The number of rotatable bonds is 6. The number of thiazole rings is 1. The highest BCUT2D eigenvalue weighted by Gasteiger charge is 2.18. The predicted octanol–water partition coefficient (Wildman–Crippen LogP) is 3.41. The van der Waals surface area contributed by atoms with Gasteiger partial charge in [0.2, 0.25) is 0 Å². The predicted molar refractivity (Wildman–Crippen MR) is 82.4 cm³/mol. The second-order valence-corrected chi connectivity index (χ2v) is 6.92. The van der Waals surface area contributed by atoms with Gasteiger partial charge in [-0.15, -0.1) is 11.3 Å². The molecule has 0 aromatic carbocycles. The van der Waals surface area contributed by atoms with Crippen LogP contribution < -0.4 is 5.32 Å². The molecular formula is C15H27N3S. The highest BCUT2D eigenvalue weighted by Crippen LogP contribution is 2.23. The zero-order valence-electron chi connectivity index (χ0n) is 12.5. The third-order valence-electron chi connectivity index (χ3n) is 3.87. The van der Waals surface area contributed by atoms with Gasteiger partial charge in [0.15, 0.2) is 0 Å². The van der Waals surface area contributed by atoms with Crippen molar-refractivity contribution in [3.05, 3.63) is 16.1 Å². The third-order valence-corrected chi connectivity index (χ3v) is 4.77. The molecule has 1 saturated carbocycles. The number of hydrogen-bond donors (Lipinski definition) is 1. The molecule has 0 radical (unpaired) electrons. The molecule has 2 rings (SSSR count). The van der Waals surface area contributed by atoms with Crippen LogP contribution in [0.3, 0.4) is 0 Å². The second kappa shape index (κ2) is 7.36. The third kappa shape index (κ3) is 4.86. The molecule has 1 aromatic rings. The van der Waals surface area contributed by atoms with Crippen LogP contribution in [0.4, 0.5) is 0 Å². The van der Waals surface area contributed by atoms with Crippen LogP contribution >= 0.6 is 11.3 Å². The first-order valence-corrected chi connectivity index (χ1v) is 8.40. The maximum absolute atomic E-state index is 4.73. The van der Waals surface area contributed by atoms with Crippen LogP contribution in [0.15, 0.2) is 5.38 Å². The van der Waals surface area contributed by atoms with Gasteiger partial charge in [-0.2, -0.15) is 0 Å². The van der Waals surface area contributed by atoms with Crippen LogP contribution in [0.2, 0.25) is 0 Å². The van der Waals surface area contributed by atoms with E-state index in [0.29, 0.717) is 6.04 Å². The van der Waals surface area contributed by atoms with Crippen LogP contribution in [0.25, 0.3) is 0 Å². The molecule has 1 aromatic heterocycles. The van der Waals surface area contributed by atoms with Crippen LogP contribution in [0.5, 0.6) is 0 Å². The molecule has 0 spiro atoms. The minimum atomic E-state index is 0.525. The Morgan fingerprint density at radius 2 is 2.11 bits per heavy atom. The van der Waals surface area contributed by atoms with Crippen molar-refractivity contribution in [1.82, 2.24) is 15.2 Å². The molecule has 1 aliphatic carbocycles. The molecule has 0 saturated heterocycles. The van der Waals surface area contributed by atoms with Gasteiger partial charge in [-0.3, -0.25) is 4.90 Å². The highest BCUT2D eigenvalue weighted by molar-refractivity contribution is 7.09. The molecule has 4 heteroatoms. The summed E-state index contributed by atoms with van der Waals surface area (Å²) in [5.74, 6) is 0. The first-order valence-electron chi connectivity index (χ1n) is 7.52. The number of nitrogens with zero attached hydrogens (tertiary/aromatic N) is 2. The van der Waals surface area contributed by atoms with Crippen molar-refractivity contribution in [1.29, 1.82) is 0 Å². The van der Waals surface area contributed by atoms with Crippen LogP contribution in [0.1, 0.15) is 56.7 Å². The summed E-state index contributed by atoms with van der Waals surface area (Å²) in [6, 6.07) is 1.30. The summed E-state index contributed by atoms with van der Waals surface area (Å²) in [4.78, 5) is 7.23. The average Bonchev–Trinajstić information content (AvgIpc) is 2.85. The summed E-state index contributed by atoms with van der Waals surface area (Å²) >= 11 is 1.78. The maximum atomic E-state index is 4.73. The Hall–Kier alpha value is -0.450. The Morgan fingerprint density at radius 1 is 1.37 bits per heavy atom. The zero-order valence-corrected chi connectivity index (χ0v) is 13.3. The van der Waals surface area contributed by atoms with Crippen molar-refractivity contribution in [3.63, 3.8) is 0 Å². The molecule has 0 amide bonds. The fourth-order valence-electron chi connectivity index (χ4n) is 2.70. The van der Waals surface area contributed by atoms with E-state index >= 15 is 0 Å². The van der Waals surface area contributed by atoms with Crippen molar-refractivity contribution in [2.75, 3.05) is 7.05 Å². The van der Waals surface area contributed by atoms with Gasteiger partial charge in [0.1, 0.15) is 5.01 Å². The van der Waals surface area contributed by atoms with Gasteiger partial charge in [0, 0.05) is 30.6 Å². The summed E-state index contributed by atoms with van der Waals surface area (Å²) in [5.41, 5.74) is 1.23. The van der Waals surface area contributed by atoms with Crippen molar-refractivity contribution < 1.29 is 0 Å². The Morgan fingerprint density at radius 3 is 2.79 bits per heavy atom. The summed E-state index contributed by atoms with van der Waals surface area (Å²) in [7, 11) is 2.25. The molecule has 1 heterocycles. The molecule has 0 atom stereocenters. The molecular weight excluding hydrogens is 254 g/mol. The van der Waals surface area contributed by atoms with E-state index in [1.165, 1.54) is 42.8 Å². The Bertz CT molecular complexity index is 369. The second-order valence-electron chi connectivity index (χ2n) is 5.98. The molecule has 3 nitrogen and oxygen atoms in total. The van der Waals surface area contributed by atoms with Crippen molar-refractivity contribution in [2.24, 2.45) is 0 Å². The molecule has 1 fully saturated rings. The highest BCUT2D eigenvalue weighted by atomic mass is 32.1. The molecule has 0 aliphatic heterocycles. The first-order chi connectivity index (χ1) is 9.15. The summed E-state index contributed by atoms with van der Waals surface area (Å²) in [6.45, 7) is 6.25. The average molecular weight is 281 g/mol. The molecule has 1 aliphatic rings. The van der Waals surface area contributed by atoms with E-state index in [0.717, 1.165) is 19.1 Å². The van der Waals surface area contributed by atoms with E-state index in [-0.39, 0.29) is 0 Å². The lowest BCUT2D eigenvalue weighted by Gasteiger charge is -2.30. The first kappa shape index (κ1) is 14.9. The smallest absolute Gasteiger partial charge is 0.107 e. The van der Waals surface area contributed by atoms with Crippen molar-refractivity contribution >= 4 is 11.3 Å². The number of aromatic nitrogens is 1. The van der Waals surface area contributed by atoms with Crippen LogP contribution in [0, 0.1) is 0 Å². The largest absolute Gasteiger partial charge is 0.308 e. The maximum Gasteiger partial charge on any atom is 0.107 e. The molecule has 19 heavy (non-hydrogen) atoms. The van der Waals surface area contributed by atoms with Crippen molar-refractivity contribution in [3.8, 4) is 0 Å². The lowest BCUT2D eigenvalue weighted by atomic mass is 9.94. The van der Waals surface area contributed by atoms with Crippen LogP contribution in [-0.4, -0.2) is 29.0 Å². The Kier molecular flexibility index (Phi) is 5.79. The summed E-state index contributed by atoms with van der Waals surface area (Å²) in [6.07, 6.45) is 6.95. The van der Waals surface area contributed by atoms with E-state index in [2.05, 4.69) is 36.5 Å². The van der Waals surface area contributed by atoms with Gasteiger partial charge in [-0.05, 0) is 19.9 Å². The van der Waals surface area contributed by atoms with E-state index in [9.17, 15) is 0 Å². The van der Waals surface area contributed by atoms with E-state index in [1.54, 1.807) is 11.3 Å². The van der Waals surface area contributed by atoms with Gasteiger partial charge in [-0.25, -0.2) is 4.98 Å². The number of nitrogens with one attached hydrogen (secondary N) is 1. The van der Waals surface area contributed by atoms with E-state index in [1.807, 2.05) is 0 Å². The van der Waals surface area contributed by atoms with Gasteiger partial charge in [0.25, 0.3) is 0 Å². The van der Waals surface area contributed by atoms with Gasteiger partial charge >= 0.3 is 0 Å². The fourth-order valence-corrected chi connectivity index (χ4v) is 3.44. The zero-order chi connectivity index (χ0) is 13.7. The van der Waals surface area contributed by atoms with Crippen molar-refractivity contribution in [2.45, 2.75) is 71.1 Å². The van der Waals surface area contributed by atoms with Gasteiger partial charge in [0.05, 0.1) is 5.69 Å². The number of hydrogen-bond acceptors (Lipinski definition) is 4. The topological polar surface area (TPSA) is 28.2 Å². The fraction of sp³-hybridized carbons (Fsp3) is 0.800. The SMILES string of the molecule is CC(C)NCc1nc(CN(C)C2CCCCC2)cs1. The van der Waals surface area contributed by atoms with E-state index in [4.69, 9.17) is 4.98 Å². The monoisotopic (exact) mass is 281 g/mol. The molecule has 0 bridgehead atoms. The quantitative estimate of drug-likeness (QED) is 0.866. The summed E-state index contributed by atoms with van der Waals surface area (Å²) in [5, 5.41) is 6.85. The van der Waals surface area contributed by atoms with Crippen LogP contribution in [-0.2, 0) is 13.1 Å². The normalized spacial score (nSPS) is 17.5. The summed E-state index contributed by atoms with van der Waals surface area (Å²) < 4.78 is 0. The lowest BCUT2D eigenvalue weighted by Crippen LogP contribution is -2.33. The minimum Gasteiger partial charge on any atom is -0.308 e. The molecule has 1 N–H and O–H groups in total. The van der Waals surface area contributed by atoms with E-state index < -0.39 is 0 Å². The molecule has 0 unspecified atom stereocenters.